The van der Waals surface area contributed by atoms with E-state index in [0.717, 1.165) is 25.1 Å². The Hall–Kier alpha value is -1.62. The van der Waals surface area contributed by atoms with Crippen LogP contribution in [0.1, 0.15) is 35.3 Å². The quantitative estimate of drug-likeness (QED) is 0.902. The topological polar surface area (TPSA) is 62.7 Å². The molecule has 0 aliphatic carbocycles. The third kappa shape index (κ3) is 3.44. The minimum Gasteiger partial charge on any atom is -0.478 e. The lowest BCUT2D eigenvalue weighted by atomic mass is 10.1. The highest BCUT2D eigenvalue weighted by atomic mass is 16.5. The molecule has 2 heterocycles. The molecular formula is C14H20N2O3. The number of carboxylic acids is 1. The van der Waals surface area contributed by atoms with Crippen molar-refractivity contribution in [3.8, 4) is 0 Å². The molecule has 0 saturated carbocycles. The summed E-state index contributed by atoms with van der Waals surface area (Å²) in [5, 5.41) is 9.21. The second-order valence-electron chi connectivity index (χ2n) is 5.00. The van der Waals surface area contributed by atoms with Crippen molar-refractivity contribution in [1.29, 1.82) is 0 Å². The van der Waals surface area contributed by atoms with Gasteiger partial charge in [-0.3, -0.25) is 0 Å². The molecule has 1 fully saturated rings. The Morgan fingerprint density at radius 1 is 1.53 bits per heavy atom. The van der Waals surface area contributed by atoms with E-state index in [9.17, 15) is 9.90 Å². The number of aryl methyl sites for hydroxylation is 1. The van der Waals surface area contributed by atoms with Gasteiger partial charge in [-0.1, -0.05) is 0 Å². The lowest BCUT2D eigenvalue weighted by Crippen LogP contribution is -2.34. The first-order chi connectivity index (χ1) is 9.08. The highest BCUT2D eigenvalue weighted by Gasteiger charge is 2.20. The highest BCUT2D eigenvalue weighted by molar-refractivity contribution is 5.93. The molecule has 1 atom stereocenters. The number of nitrogens with zero attached hydrogens (tertiary/aromatic N) is 2. The van der Waals surface area contributed by atoms with Crippen LogP contribution in [0.5, 0.6) is 0 Å². The smallest absolute Gasteiger partial charge is 0.339 e. The maximum Gasteiger partial charge on any atom is 0.339 e. The van der Waals surface area contributed by atoms with Gasteiger partial charge in [-0.2, -0.15) is 0 Å². The summed E-state index contributed by atoms with van der Waals surface area (Å²) in [5.74, 6) is -0.430. The van der Waals surface area contributed by atoms with Gasteiger partial charge in [-0.05, 0) is 38.3 Å². The Kier molecular flexibility index (Phi) is 4.37. The number of hydrogen-bond acceptors (Lipinski definition) is 4. The molecule has 0 amide bonds. The molecule has 2 rings (SSSR count). The summed E-state index contributed by atoms with van der Waals surface area (Å²) in [7, 11) is 1.87. The predicted octanol–water partition coefficient (Wildman–Crippen LogP) is 2.09. The van der Waals surface area contributed by atoms with Gasteiger partial charge < -0.3 is 14.7 Å². The first kappa shape index (κ1) is 13.8. The second kappa shape index (κ2) is 6.02. The molecule has 0 aromatic carbocycles. The average Bonchev–Trinajstić information content (AvgIpc) is 2.39. The van der Waals surface area contributed by atoms with Crippen LogP contribution in [0.4, 0.5) is 5.82 Å². The third-order valence-corrected chi connectivity index (χ3v) is 3.36. The normalized spacial score (nSPS) is 19.2. The number of ether oxygens (including phenoxy) is 1. The Bertz CT molecular complexity index is 456. The highest BCUT2D eigenvalue weighted by Crippen LogP contribution is 2.20. The van der Waals surface area contributed by atoms with Crippen LogP contribution in [-0.4, -0.2) is 42.4 Å². The summed E-state index contributed by atoms with van der Waals surface area (Å²) >= 11 is 0. The fourth-order valence-electron chi connectivity index (χ4n) is 2.34. The van der Waals surface area contributed by atoms with E-state index >= 15 is 0 Å². The zero-order valence-corrected chi connectivity index (χ0v) is 11.4. The number of aromatic carboxylic acids is 1. The monoisotopic (exact) mass is 264 g/mol. The number of rotatable bonds is 4. The summed E-state index contributed by atoms with van der Waals surface area (Å²) in [5.41, 5.74) is 1.06. The van der Waals surface area contributed by atoms with Gasteiger partial charge in [0.2, 0.25) is 0 Å². The van der Waals surface area contributed by atoms with Gasteiger partial charge in [0, 0.05) is 25.9 Å². The Labute approximate surface area is 113 Å². The Balaban J connectivity index is 2.14. The van der Waals surface area contributed by atoms with E-state index < -0.39 is 5.97 Å². The number of likely N-dealkylation sites (N-methyl/N-ethyl adjacent to an activating group) is 1. The molecule has 5 heteroatoms. The van der Waals surface area contributed by atoms with Crippen molar-refractivity contribution < 1.29 is 14.6 Å². The van der Waals surface area contributed by atoms with E-state index in [-0.39, 0.29) is 11.7 Å². The molecular weight excluding hydrogens is 244 g/mol. The number of pyridine rings is 1. The molecule has 1 aromatic rings. The standard InChI is InChI=1S/C14H20N2O3/c1-10-6-7-12(14(17)18)13(15-10)16(2)9-11-5-3-4-8-19-11/h6-7,11H,3-5,8-9H2,1-2H3,(H,17,18). The molecule has 1 N–H and O–H groups in total. The van der Waals surface area contributed by atoms with E-state index in [1.54, 1.807) is 12.1 Å². The molecule has 1 aliphatic heterocycles. The van der Waals surface area contributed by atoms with Crippen molar-refractivity contribution in [1.82, 2.24) is 4.98 Å². The van der Waals surface area contributed by atoms with Gasteiger partial charge in [0.05, 0.1) is 6.10 Å². The Morgan fingerprint density at radius 3 is 2.95 bits per heavy atom. The molecule has 0 radical (unpaired) electrons. The van der Waals surface area contributed by atoms with Crippen molar-refractivity contribution in [3.05, 3.63) is 23.4 Å². The molecule has 1 unspecified atom stereocenters. The van der Waals surface area contributed by atoms with E-state index in [1.807, 2.05) is 18.9 Å². The number of anilines is 1. The lowest BCUT2D eigenvalue weighted by molar-refractivity contribution is 0.0215. The Morgan fingerprint density at radius 2 is 2.32 bits per heavy atom. The maximum atomic E-state index is 11.2. The van der Waals surface area contributed by atoms with Gasteiger partial charge in [-0.25, -0.2) is 9.78 Å². The van der Waals surface area contributed by atoms with Gasteiger partial charge in [-0.15, -0.1) is 0 Å². The molecule has 104 valence electrons. The zero-order valence-electron chi connectivity index (χ0n) is 11.4. The number of carboxylic acid groups (broad SMARTS) is 1. The van der Waals surface area contributed by atoms with Crippen LogP contribution < -0.4 is 4.90 Å². The molecule has 0 bridgehead atoms. The number of hydrogen-bond donors (Lipinski definition) is 1. The lowest BCUT2D eigenvalue weighted by Gasteiger charge is -2.28. The van der Waals surface area contributed by atoms with Crippen LogP contribution in [0.2, 0.25) is 0 Å². The minimum atomic E-state index is -0.945. The van der Waals surface area contributed by atoms with E-state index in [1.165, 1.54) is 6.42 Å². The van der Waals surface area contributed by atoms with Crippen LogP contribution in [0, 0.1) is 6.92 Å². The summed E-state index contributed by atoms with van der Waals surface area (Å²) in [6.07, 6.45) is 3.48. The number of aromatic nitrogens is 1. The maximum absolute atomic E-state index is 11.2. The van der Waals surface area contributed by atoms with Crippen molar-refractivity contribution in [2.24, 2.45) is 0 Å². The molecule has 5 nitrogen and oxygen atoms in total. The van der Waals surface area contributed by atoms with Gasteiger partial charge in [0.25, 0.3) is 0 Å². The summed E-state index contributed by atoms with van der Waals surface area (Å²) in [6, 6.07) is 3.33. The van der Waals surface area contributed by atoms with E-state index in [4.69, 9.17) is 4.74 Å². The fraction of sp³-hybridized carbons (Fsp3) is 0.571. The first-order valence-corrected chi connectivity index (χ1v) is 6.61. The van der Waals surface area contributed by atoms with Crippen LogP contribution in [0.3, 0.4) is 0 Å². The molecule has 19 heavy (non-hydrogen) atoms. The van der Waals surface area contributed by atoms with Crippen LogP contribution in [0.15, 0.2) is 12.1 Å². The molecule has 1 saturated heterocycles. The third-order valence-electron chi connectivity index (χ3n) is 3.36. The van der Waals surface area contributed by atoms with Gasteiger partial charge >= 0.3 is 5.97 Å². The SMILES string of the molecule is Cc1ccc(C(=O)O)c(N(C)CC2CCCCO2)n1. The van der Waals surface area contributed by atoms with Gasteiger partial charge in [0.15, 0.2) is 0 Å². The molecule has 0 spiro atoms. The summed E-state index contributed by atoms with van der Waals surface area (Å²) < 4.78 is 5.68. The van der Waals surface area contributed by atoms with E-state index in [2.05, 4.69) is 4.98 Å². The second-order valence-corrected chi connectivity index (χ2v) is 5.00. The fourth-order valence-corrected chi connectivity index (χ4v) is 2.34. The number of carbonyl (C=O) groups is 1. The minimum absolute atomic E-state index is 0.169. The average molecular weight is 264 g/mol. The van der Waals surface area contributed by atoms with Crippen molar-refractivity contribution in [2.45, 2.75) is 32.3 Å². The van der Waals surface area contributed by atoms with Crippen molar-refractivity contribution in [2.75, 3.05) is 25.1 Å². The van der Waals surface area contributed by atoms with Crippen LogP contribution in [0.25, 0.3) is 0 Å². The molecule has 1 aliphatic rings. The van der Waals surface area contributed by atoms with Crippen molar-refractivity contribution >= 4 is 11.8 Å². The van der Waals surface area contributed by atoms with E-state index in [0.29, 0.717) is 12.4 Å². The summed E-state index contributed by atoms with van der Waals surface area (Å²) in [6.45, 7) is 3.34. The molecule has 1 aromatic heterocycles. The predicted molar refractivity (Wildman–Crippen MR) is 72.8 cm³/mol. The first-order valence-electron chi connectivity index (χ1n) is 6.61. The summed E-state index contributed by atoms with van der Waals surface area (Å²) in [4.78, 5) is 17.5. The van der Waals surface area contributed by atoms with Crippen LogP contribution in [-0.2, 0) is 4.74 Å². The van der Waals surface area contributed by atoms with Crippen molar-refractivity contribution in [3.63, 3.8) is 0 Å². The largest absolute Gasteiger partial charge is 0.478 e. The zero-order chi connectivity index (χ0) is 13.8. The van der Waals surface area contributed by atoms with Gasteiger partial charge in [0.1, 0.15) is 11.4 Å². The van der Waals surface area contributed by atoms with Crippen LogP contribution >= 0.6 is 0 Å².